The summed E-state index contributed by atoms with van der Waals surface area (Å²) in [5, 5.41) is 0. The van der Waals surface area contributed by atoms with Gasteiger partial charge in [0.15, 0.2) is 0 Å². The first-order chi connectivity index (χ1) is 8.22. The quantitative estimate of drug-likeness (QED) is 0.712. The molecule has 0 aliphatic carbocycles. The van der Waals surface area contributed by atoms with Crippen molar-refractivity contribution in [3.05, 3.63) is 30.2 Å². The summed E-state index contributed by atoms with van der Waals surface area (Å²) in [6.45, 7) is 8.16. The second-order valence-corrected chi connectivity index (χ2v) is 3.70. The lowest BCUT2D eigenvalue weighted by Gasteiger charge is -2.24. The van der Waals surface area contributed by atoms with E-state index in [9.17, 15) is 0 Å². The third kappa shape index (κ3) is 3.80. The molecule has 1 heterocycles. The van der Waals surface area contributed by atoms with Gasteiger partial charge in [0.05, 0.1) is 6.61 Å². The molecular formula is C12H20N4O. The smallest absolute Gasteiger partial charge is 0.137 e. The molecule has 0 aromatic carbocycles. The lowest BCUT2D eigenvalue weighted by Crippen LogP contribution is -2.30. The number of ether oxygens (including phenoxy) is 1. The first-order valence-corrected chi connectivity index (χ1v) is 5.60. The third-order valence-electron chi connectivity index (χ3n) is 2.40. The summed E-state index contributed by atoms with van der Waals surface area (Å²) in [6.07, 6.45) is 3.62. The Bertz CT molecular complexity index is 368. The van der Waals surface area contributed by atoms with Crippen LogP contribution in [-0.2, 0) is 11.3 Å². The van der Waals surface area contributed by atoms with Crippen LogP contribution in [0.2, 0.25) is 0 Å². The number of nitrogens with two attached hydrogens (primary N) is 1. The van der Waals surface area contributed by atoms with E-state index in [4.69, 9.17) is 10.5 Å². The number of nitrogens with zero attached hydrogens (tertiary/aromatic N) is 3. The average molecular weight is 236 g/mol. The maximum atomic E-state index is 5.70. The summed E-state index contributed by atoms with van der Waals surface area (Å²) in [7, 11) is 1.68. The fourth-order valence-corrected chi connectivity index (χ4v) is 1.54. The van der Waals surface area contributed by atoms with E-state index in [2.05, 4.69) is 21.4 Å². The molecule has 0 amide bonds. The van der Waals surface area contributed by atoms with Crippen LogP contribution in [0.3, 0.4) is 0 Å². The van der Waals surface area contributed by atoms with Gasteiger partial charge in [-0.15, -0.1) is 6.58 Å². The molecule has 17 heavy (non-hydrogen) atoms. The molecule has 5 heteroatoms. The van der Waals surface area contributed by atoms with E-state index in [1.165, 1.54) is 0 Å². The fourth-order valence-electron chi connectivity index (χ4n) is 1.54. The molecule has 1 aromatic heterocycles. The van der Waals surface area contributed by atoms with Gasteiger partial charge in [0.2, 0.25) is 0 Å². The Morgan fingerprint density at radius 3 is 2.94 bits per heavy atom. The zero-order chi connectivity index (χ0) is 12.7. The van der Waals surface area contributed by atoms with Crippen molar-refractivity contribution in [2.24, 2.45) is 5.73 Å². The van der Waals surface area contributed by atoms with Crippen molar-refractivity contribution >= 4 is 5.82 Å². The van der Waals surface area contributed by atoms with Crippen LogP contribution in [0, 0.1) is 6.92 Å². The molecule has 94 valence electrons. The number of rotatable bonds is 7. The molecule has 5 nitrogen and oxygen atoms in total. The molecule has 0 spiro atoms. The summed E-state index contributed by atoms with van der Waals surface area (Å²) in [5.41, 5.74) is 6.64. The largest absolute Gasteiger partial charge is 0.383 e. The Labute approximate surface area is 102 Å². The monoisotopic (exact) mass is 236 g/mol. The molecule has 0 saturated carbocycles. The van der Waals surface area contributed by atoms with E-state index < -0.39 is 0 Å². The van der Waals surface area contributed by atoms with E-state index in [0.717, 1.165) is 23.8 Å². The Morgan fingerprint density at radius 2 is 2.35 bits per heavy atom. The van der Waals surface area contributed by atoms with Crippen molar-refractivity contribution in [1.29, 1.82) is 0 Å². The van der Waals surface area contributed by atoms with Gasteiger partial charge in [0, 0.05) is 38.5 Å². The van der Waals surface area contributed by atoms with Gasteiger partial charge in [-0.05, 0) is 6.92 Å². The van der Waals surface area contributed by atoms with Gasteiger partial charge in [0.1, 0.15) is 11.6 Å². The predicted molar refractivity (Wildman–Crippen MR) is 68.9 cm³/mol. The normalized spacial score (nSPS) is 10.3. The first-order valence-electron chi connectivity index (χ1n) is 5.60. The molecule has 0 saturated heterocycles. The van der Waals surface area contributed by atoms with Crippen LogP contribution in [0.15, 0.2) is 18.9 Å². The highest BCUT2D eigenvalue weighted by Gasteiger charge is 2.11. The molecule has 1 rings (SSSR count). The number of anilines is 1. The Kier molecular flexibility index (Phi) is 5.59. The fraction of sp³-hybridized carbons (Fsp3) is 0.500. The van der Waals surface area contributed by atoms with Gasteiger partial charge < -0.3 is 15.4 Å². The molecule has 0 bridgehead atoms. The Balaban J connectivity index is 2.97. The Morgan fingerprint density at radius 1 is 1.59 bits per heavy atom. The summed E-state index contributed by atoms with van der Waals surface area (Å²) in [5.74, 6) is 1.61. The number of hydrogen-bond acceptors (Lipinski definition) is 5. The number of hydrogen-bond donors (Lipinski definition) is 1. The number of aromatic nitrogens is 2. The van der Waals surface area contributed by atoms with Crippen LogP contribution < -0.4 is 10.6 Å². The molecule has 0 aliphatic rings. The topological polar surface area (TPSA) is 64.3 Å². The van der Waals surface area contributed by atoms with Crippen molar-refractivity contribution < 1.29 is 4.74 Å². The van der Waals surface area contributed by atoms with Gasteiger partial charge in [-0.25, -0.2) is 9.97 Å². The molecule has 0 atom stereocenters. The van der Waals surface area contributed by atoms with Crippen LogP contribution in [0.5, 0.6) is 0 Å². The van der Waals surface area contributed by atoms with Crippen LogP contribution >= 0.6 is 0 Å². The van der Waals surface area contributed by atoms with Crippen LogP contribution in [-0.4, -0.2) is 36.8 Å². The van der Waals surface area contributed by atoms with Crippen LogP contribution in [0.25, 0.3) is 0 Å². The van der Waals surface area contributed by atoms with Gasteiger partial charge in [0.25, 0.3) is 0 Å². The minimum absolute atomic E-state index is 0.427. The van der Waals surface area contributed by atoms with Crippen molar-refractivity contribution in [3.8, 4) is 0 Å². The van der Waals surface area contributed by atoms with E-state index >= 15 is 0 Å². The summed E-state index contributed by atoms with van der Waals surface area (Å²) >= 11 is 0. The van der Waals surface area contributed by atoms with Gasteiger partial charge in [-0.3, -0.25) is 0 Å². The zero-order valence-electron chi connectivity index (χ0n) is 10.5. The van der Waals surface area contributed by atoms with E-state index in [-0.39, 0.29) is 0 Å². The second-order valence-electron chi connectivity index (χ2n) is 3.70. The maximum Gasteiger partial charge on any atom is 0.137 e. The van der Waals surface area contributed by atoms with Crippen LogP contribution in [0.1, 0.15) is 11.4 Å². The molecule has 0 fully saturated rings. The van der Waals surface area contributed by atoms with E-state index in [1.54, 1.807) is 13.3 Å². The average Bonchev–Trinajstić information content (AvgIpc) is 2.34. The highest BCUT2D eigenvalue weighted by atomic mass is 16.5. The maximum absolute atomic E-state index is 5.70. The standard InChI is InChI=1S/C12H20N4O/c1-4-5-16(6-7-17-3)12-11(8-13)9-14-10(2)15-12/h4,9H,1,5-8,13H2,2-3H3. The van der Waals surface area contributed by atoms with E-state index in [0.29, 0.717) is 19.7 Å². The molecular weight excluding hydrogens is 216 g/mol. The molecule has 1 aromatic rings. The number of methoxy groups -OCH3 is 1. The summed E-state index contributed by atoms with van der Waals surface area (Å²) < 4.78 is 5.09. The second kappa shape index (κ2) is 6.98. The molecule has 0 aliphatic heterocycles. The summed E-state index contributed by atoms with van der Waals surface area (Å²) in [4.78, 5) is 10.7. The predicted octanol–water partition coefficient (Wildman–Crippen LogP) is 0.883. The molecule has 0 unspecified atom stereocenters. The lowest BCUT2D eigenvalue weighted by molar-refractivity contribution is 0.205. The summed E-state index contributed by atoms with van der Waals surface area (Å²) in [6, 6.07) is 0. The van der Waals surface area contributed by atoms with Gasteiger partial charge in [-0.1, -0.05) is 6.08 Å². The Hall–Kier alpha value is -1.46. The van der Waals surface area contributed by atoms with Crippen molar-refractivity contribution in [2.45, 2.75) is 13.5 Å². The lowest BCUT2D eigenvalue weighted by atomic mass is 10.2. The van der Waals surface area contributed by atoms with Crippen molar-refractivity contribution in [2.75, 3.05) is 31.7 Å². The van der Waals surface area contributed by atoms with Crippen LogP contribution in [0.4, 0.5) is 5.82 Å². The highest BCUT2D eigenvalue weighted by Crippen LogP contribution is 2.16. The minimum Gasteiger partial charge on any atom is -0.383 e. The molecule has 2 N–H and O–H groups in total. The number of aryl methyl sites for hydroxylation is 1. The third-order valence-corrected chi connectivity index (χ3v) is 2.40. The van der Waals surface area contributed by atoms with Gasteiger partial charge >= 0.3 is 0 Å². The SMILES string of the molecule is C=CCN(CCOC)c1nc(C)ncc1CN. The van der Waals surface area contributed by atoms with E-state index in [1.807, 2.05) is 13.0 Å². The van der Waals surface area contributed by atoms with Crippen molar-refractivity contribution in [1.82, 2.24) is 9.97 Å². The zero-order valence-corrected chi connectivity index (χ0v) is 10.5. The van der Waals surface area contributed by atoms with Crippen molar-refractivity contribution in [3.63, 3.8) is 0 Å². The van der Waals surface area contributed by atoms with Gasteiger partial charge in [-0.2, -0.15) is 0 Å². The first kappa shape index (κ1) is 13.6. The molecule has 0 radical (unpaired) electrons. The highest BCUT2D eigenvalue weighted by molar-refractivity contribution is 5.46. The minimum atomic E-state index is 0.427.